The molecule has 0 fully saturated rings. The van der Waals surface area contributed by atoms with Gasteiger partial charge in [-0.05, 0) is 31.0 Å². The number of halogens is 1. The van der Waals surface area contributed by atoms with Crippen LogP contribution < -0.4 is 16.0 Å². The number of nitrogens with two attached hydrogens (primary N) is 1. The summed E-state index contributed by atoms with van der Waals surface area (Å²) in [5.41, 5.74) is 8.85. The van der Waals surface area contributed by atoms with Gasteiger partial charge in [0.2, 0.25) is 5.91 Å². The van der Waals surface area contributed by atoms with Crippen LogP contribution in [0.25, 0.3) is 0 Å². The summed E-state index contributed by atoms with van der Waals surface area (Å²) in [6.45, 7) is 2.72. The van der Waals surface area contributed by atoms with E-state index in [1.807, 2.05) is 12.1 Å². The van der Waals surface area contributed by atoms with Crippen molar-refractivity contribution in [1.82, 2.24) is 0 Å². The Kier molecular flexibility index (Phi) is 4.37. The molecule has 2 rings (SSSR count). The van der Waals surface area contributed by atoms with E-state index < -0.39 is 6.04 Å². The summed E-state index contributed by atoms with van der Waals surface area (Å²) in [6.07, 6.45) is 1.08. The molecule has 0 aromatic heterocycles. The summed E-state index contributed by atoms with van der Waals surface area (Å²) in [5, 5.41) is 2.80. The van der Waals surface area contributed by atoms with Gasteiger partial charge in [0.25, 0.3) is 0 Å². The molecule has 0 radical (unpaired) electrons. The van der Waals surface area contributed by atoms with E-state index in [1.54, 1.807) is 6.92 Å². The Morgan fingerprint density at radius 1 is 1.53 bits per heavy atom. The zero-order chi connectivity index (χ0) is 11.7. The molecule has 1 heterocycles. The van der Waals surface area contributed by atoms with Gasteiger partial charge in [0, 0.05) is 25.0 Å². The quantitative estimate of drug-likeness (QED) is 0.840. The minimum absolute atomic E-state index is 0. The van der Waals surface area contributed by atoms with Gasteiger partial charge < -0.3 is 16.0 Å². The lowest BCUT2D eigenvalue weighted by atomic mass is 10.1. The Morgan fingerprint density at radius 2 is 2.24 bits per heavy atom. The van der Waals surface area contributed by atoms with Crippen LogP contribution in [-0.4, -0.2) is 25.5 Å². The highest BCUT2D eigenvalue weighted by Crippen LogP contribution is 2.29. The number of anilines is 2. The summed E-state index contributed by atoms with van der Waals surface area (Å²) in [6, 6.07) is 5.52. The number of nitrogens with zero attached hydrogens (tertiary/aromatic N) is 1. The molecule has 0 aliphatic carbocycles. The predicted octanol–water partition coefficient (Wildman–Crippen LogP) is 1.39. The third-order valence-electron chi connectivity index (χ3n) is 2.89. The maximum atomic E-state index is 11.4. The summed E-state index contributed by atoms with van der Waals surface area (Å²) in [5.74, 6) is -0.152. The van der Waals surface area contributed by atoms with E-state index in [9.17, 15) is 4.79 Å². The average molecular weight is 256 g/mol. The Hall–Kier alpha value is -1.26. The monoisotopic (exact) mass is 255 g/mol. The lowest BCUT2D eigenvalue weighted by Crippen LogP contribution is -2.32. The number of carbonyl (C=O) groups excluding carboxylic acids is 1. The Balaban J connectivity index is 0.00000144. The van der Waals surface area contributed by atoms with Gasteiger partial charge in [0.1, 0.15) is 0 Å². The van der Waals surface area contributed by atoms with Gasteiger partial charge in [-0.2, -0.15) is 0 Å². The molecule has 0 spiro atoms. The molecule has 1 unspecified atom stereocenters. The average Bonchev–Trinajstić information content (AvgIpc) is 2.60. The lowest BCUT2D eigenvalue weighted by molar-refractivity contribution is -0.117. The second-order valence-electron chi connectivity index (χ2n) is 4.29. The predicted molar refractivity (Wildman–Crippen MR) is 72.9 cm³/mol. The summed E-state index contributed by atoms with van der Waals surface area (Å²) in [4.78, 5) is 13.6. The summed E-state index contributed by atoms with van der Waals surface area (Å²) >= 11 is 0. The van der Waals surface area contributed by atoms with Crippen molar-refractivity contribution in [3.63, 3.8) is 0 Å². The van der Waals surface area contributed by atoms with E-state index in [0.717, 1.165) is 18.7 Å². The molecule has 0 saturated heterocycles. The number of hydrogen-bond acceptors (Lipinski definition) is 3. The minimum Gasteiger partial charge on any atom is -0.374 e. The van der Waals surface area contributed by atoms with Crippen molar-refractivity contribution in [2.24, 2.45) is 5.73 Å². The fourth-order valence-electron chi connectivity index (χ4n) is 1.87. The van der Waals surface area contributed by atoms with Crippen LogP contribution >= 0.6 is 12.4 Å². The standard InChI is InChI=1S/C12H17N3O.ClH/c1-8(13)12(16)14-10-4-3-9-5-6-15(2)11(9)7-10;/h3-4,7-8H,5-6,13H2,1-2H3,(H,14,16);1H. The van der Waals surface area contributed by atoms with E-state index in [4.69, 9.17) is 5.73 Å². The van der Waals surface area contributed by atoms with Gasteiger partial charge in [0.15, 0.2) is 0 Å². The molecule has 0 saturated carbocycles. The number of hydrogen-bond donors (Lipinski definition) is 2. The fraction of sp³-hybridized carbons (Fsp3) is 0.417. The molecule has 3 N–H and O–H groups in total. The summed E-state index contributed by atoms with van der Waals surface area (Å²) in [7, 11) is 2.06. The zero-order valence-electron chi connectivity index (χ0n) is 10.1. The number of benzene rings is 1. The molecular weight excluding hydrogens is 238 g/mol. The van der Waals surface area contributed by atoms with Crippen molar-refractivity contribution in [3.05, 3.63) is 23.8 Å². The van der Waals surface area contributed by atoms with E-state index >= 15 is 0 Å². The van der Waals surface area contributed by atoms with Crippen molar-refractivity contribution in [3.8, 4) is 0 Å². The topological polar surface area (TPSA) is 58.4 Å². The minimum atomic E-state index is -0.481. The molecule has 1 aromatic rings. The molecule has 1 aliphatic heterocycles. The van der Waals surface area contributed by atoms with Crippen LogP contribution in [-0.2, 0) is 11.2 Å². The first-order chi connectivity index (χ1) is 7.58. The smallest absolute Gasteiger partial charge is 0.240 e. The first-order valence-corrected chi connectivity index (χ1v) is 5.48. The number of likely N-dealkylation sites (N-methyl/N-ethyl adjacent to an activating group) is 1. The summed E-state index contributed by atoms with van der Waals surface area (Å²) < 4.78 is 0. The number of rotatable bonds is 2. The molecule has 4 nitrogen and oxygen atoms in total. The van der Waals surface area contributed by atoms with Gasteiger partial charge in [-0.25, -0.2) is 0 Å². The SMILES string of the molecule is CC(N)C(=O)Nc1ccc2c(c1)N(C)CC2.Cl. The molecule has 17 heavy (non-hydrogen) atoms. The van der Waals surface area contributed by atoms with Gasteiger partial charge in [-0.3, -0.25) is 4.79 Å². The highest BCUT2D eigenvalue weighted by molar-refractivity contribution is 5.95. The molecule has 5 heteroatoms. The number of carbonyl (C=O) groups is 1. The van der Waals surface area contributed by atoms with Crippen molar-refractivity contribution >= 4 is 29.7 Å². The molecule has 94 valence electrons. The second-order valence-corrected chi connectivity index (χ2v) is 4.29. The molecular formula is C12H18ClN3O. The fourth-order valence-corrected chi connectivity index (χ4v) is 1.87. The van der Waals surface area contributed by atoms with Gasteiger partial charge in [0.05, 0.1) is 6.04 Å². The number of fused-ring (bicyclic) bond motifs is 1. The molecule has 1 aliphatic rings. The van der Waals surface area contributed by atoms with E-state index in [0.29, 0.717) is 0 Å². The van der Waals surface area contributed by atoms with Crippen LogP contribution in [0.15, 0.2) is 18.2 Å². The largest absolute Gasteiger partial charge is 0.374 e. The molecule has 1 aromatic carbocycles. The lowest BCUT2D eigenvalue weighted by Gasteiger charge is -2.14. The van der Waals surface area contributed by atoms with Crippen LogP contribution in [0.2, 0.25) is 0 Å². The second kappa shape index (κ2) is 5.38. The van der Waals surface area contributed by atoms with Crippen LogP contribution in [0.5, 0.6) is 0 Å². The first kappa shape index (κ1) is 13.8. The van der Waals surface area contributed by atoms with Crippen molar-refractivity contribution in [1.29, 1.82) is 0 Å². The van der Waals surface area contributed by atoms with E-state index in [1.165, 1.54) is 11.3 Å². The van der Waals surface area contributed by atoms with Crippen LogP contribution in [0.3, 0.4) is 0 Å². The Bertz CT molecular complexity index is 420. The highest BCUT2D eigenvalue weighted by atomic mass is 35.5. The van der Waals surface area contributed by atoms with Crippen molar-refractivity contribution in [2.45, 2.75) is 19.4 Å². The maximum absolute atomic E-state index is 11.4. The Labute approximate surface area is 108 Å². The van der Waals surface area contributed by atoms with Crippen molar-refractivity contribution < 1.29 is 4.79 Å². The van der Waals surface area contributed by atoms with E-state index in [-0.39, 0.29) is 18.3 Å². The van der Waals surface area contributed by atoms with Gasteiger partial charge in [-0.15, -0.1) is 12.4 Å². The van der Waals surface area contributed by atoms with Crippen LogP contribution in [0.1, 0.15) is 12.5 Å². The maximum Gasteiger partial charge on any atom is 0.240 e. The highest BCUT2D eigenvalue weighted by Gasteiger charge is 2.16. The van der Waals surface area contributed by atoms with Gasteiger partial charge >= 0.3 is 0 Å². The van der Waals surface area contributed by atoms with Crippen LogP contribution in [0, 0.1) is 0 Å². The third kappa shape index (κ3) is 2.90. The van der Waals surface area contributed by atoms with E-state index in [2.05, 4.69) is 23.3 Å². The van der Waals surface area contributed by atoms with Gasteiger partial charge in [-0.1, -0.05) is 6.07 Å². The molecule has 0 bridgehead atoms. The van der Waals surface area contributed by atoms with Crippen molar-refractivity contribution in [2.75, 3.05) is 23.8 Å². The third-order valence-corrected chi connectivity index (χ3v) is 2.89. The number of amides is 1. The molecule has 1 amide bonds. The number of nitrogens with one attached hydrogen (secondary N) is 1. The zero-order valence-corrected chi connectivity index (χ0v) is 10.9. The normalized spacial score (nSPS) is 14.9. The first-order valence-electron chi connectivity index (χ1n) is 5.48. The Morgan fingerprint density at radius 3 is 2.88 bits per heavy atom. The molecule has 1 atom stereocenters. The van der Waals surface area contributed by atoms with Crippen LogP contribution in [0.4, 0.5) is 11.4 Å².